The molecule has 1 aromatic heterocycles. The maximum absolute atomic E-state index is 13.3. The van der Waals surface area contributed by atoms with Crippen molar-refractivity contribution in [2.24, 2.45) is 0 Å². The number of nitrogens with zero attached hydrogens (tertiary/aromatic N) is 1. The highest BCUT2D eigenvalue weighted by atomic mass is 32.1. The molecule has 0 aliphatic carbocycles. The van der Waals surface area contributed by atoms with Crippen LogP contribution in [-0.2, 0) is 6.54 Å². The lowest BCUT2D eigenvalue weighted by Gasteiger charge is -2.48. The van der Waals surface area contributed by atoms with Crippen LogP contribution in [0.25, 0.3) is 0 Å². The Labute approximate surface area is 180 Å². The third kappa shape index (κ3) is 4.46. The zero-order valence-electron chi connectivity index (χ0n) is 16.8. The zero-order valence-corrected chi connectivity index (χ0v) is 17.6. The Hall–Kier alpha value is -2.54. The number of carbonyl (C=O) groups excluding carboxylic acids is 1. The van der Waals surface area contributed by atoms with Gasteiger partial charge in [-0.25, -0.2) is 4.39 Å². The van der Waals surface area contributed by atoms with Gasteiger partial charge in [0.15, 0.2) is 0 Å². The first-order valence-corrected chi connectivity index (χ1v) is 10.9. The molecule has 2 N–H and O–H groups in total. The van der Waals surface area contributed by atoms with Crippen LogP contribution in [0.2, 0.25) is 0 Å². The molecular formula is C24H25FN2O2S. The zero-order chi connectivity index (χ0) is 21.1. The monoisotopic (exact) mass is 424 g/mol. The van der Waals surface area contributed by atoms with Crippen LogP contribution in [0.15, 0.2) is 72.1 Å². The Balaban J connectivity index is 1.65. The van der Waals surface area contributed by atoms with Gasteiger partial charge in [0.25, 0.3) is 5.91 Å². The highest BCUT2D eigenvalue weighted by Crippen LogP contribution is 2.39. The molecule has 2 heterocycles. The molecule has 2 aromatic carbocycles. The molecule has 0 saturated carbocycles. The average molecular weight is 425 g/mol. The fourth-order valence-corrected chi connectivity index (χ4v) is 4.97. The molecule has 1 fully saturated rings. The number of rotatable bonds is 5. The summed E-state index contributed by atoms with van der Waals surface area (Å²) in [4.78, 5) is 16.3. The van der Waals surface area contributed by atoms with Crippen molar-refractivity contribution in [2.75, 3.05) is 6.54 Å². The molecule has 1 saturated heterocycles. The molecule has 4 rings (SSSR count). The second kappa shape index (κ2) is 8.68. The van der Waals surface area contributed by atoms with Crippen molar-refractivity contribution in [2.45, 2.75) is 37.6 Å². The molecule has 4 nitrogen and oxygen atoms in total. The standard InChI is InChI=1S/C24H25FN2O2S/c1-24(29)13-14-27(16-17-6-3-2-4-7-17)21(20-8-5-15-30-20)22(24)26-23(28)18-9-11-19(25)12-10-18/h2-12,15,21-22,29H,13-14,16H2,1H3,(H,26,28). The number of likely N-dealkylation sites (tertiary alicyclic amines) is 1. The van der Waals surface area contributed by atoms with Gasteiger partial charge in [-0.15, -0.1) is 11.3 Å². The summed E-state index contributed by atoms with van der Waals surface area (Å²) in [5, 5.41) is 16.3. The summed E-state index contributed by atoms with van der Waals surface area (Å²) < 4.78 is 13.3. The van der Waals surface area contributed by atoms with Crippen molar-refractivity contribution in [3.05, 3.63) is 93.9 Å². The van der Waals surface area contributed by atoms with Crippen LogP contribution >= 0.6 is 11.3 Å². The van der Waals surface area contributed by atoms with Gasteiger partial charge in [0.05, 0.1) is 17.7 Å². The Kier molecular flexibility index (Phi) is 5.99. The molecule has 1 aliphatic rings. The van der Waals surface area contributed by atoms with E-state index in [-0.39, 0.29) is 17.8 Å². The lowest BCUT2D eigenvalue weighted by molar-refractivity contribution is -0.0656. The normalized spacial score (nSPS) is 24.5. The van der Waals surface area contributed by atoms with Gasteiger partial charge >= 0.3 is 0 Å². The number of piperidine rings is 1. The number of halogens is 1. The van der Waals surface area contributed by atoms with Gasteiger partial charge in [-0.3, -0.25) is 9.69 Å². The van der Waals surface area contributed by atoms with Gasteiger partial charge in [0.2, 0.25) is 0 Å². The summed E-state index contributed by atoms with van der Waals surface area (Å²) in [5.41, 5.74) is 0.485. The van der Waals surface area contributed by atoms with E-state index < -0.39 is 11.6 Å². The van der Waals surface area contributed by atoms with Gasteiger partial charge in [0.1, 0.15) is 5.82 Å². The predicted octanol–water partition coefficient (Wildman–Crippen LogP) is 4.38. The average Bonchev–Trinajstić information content (AvgIpc) is 3.26. The number of benzene rings is 2. The first-order chi connectivity index (χ1) is 14.4. The minimum atomic E-state index is -1.07. The van der Waals surface area contributed by atoms with E-state index in [1.807, 2.05) is 35.7 Å². The molecule has 3 unspecified atom stereocenters. The maximum Gasteiger partial charge on any atom is 0.251 e. The van der Waals surface area contributed by atoms with E-state index in [1.54, 1.807) is 18.3 Å². The molecule has 0 spiro atoms. The van der Waals surface area contributed by atoms with Crippen LogP contribution in [0.5, 0.6) is 0 Å². The number of carbonyl (C=O) groups is 1. The number of nitrogens with one attached hydrogen (secondary N) is 1. The second-order valence-corrected chi connectivity index (χ2v) is 8.96. The van der Waals surface area contributed by atoms with E-state index in [2.05, 4.69) is 22.3 Å². The van der Waals surface area contributed by atoms with Crippen molar-refractivity contribution in [1.29, 1.82) is 0 Å². The van der Waals surface area contributed by atoms with Gasteiger partial charge in [-0.05, 0) is 54.6 Å². The Morgan fingerprint density at radius 3 is 2.57 bits per heavy atom. The summed E-state index contributed by atoms with van der Waals surface area (Å²) in [5.74, 6) is -0.704. The molecule has 156 valence electrons. The van der Waals surface area contributed by atoms with Crippen molar-refractivity contribution in [1.82, 2.24) is 10.2 Å². The van der Waals surface area contributed by atoms with Crippen LogP contribution in [-0.4, -0.2) is 34.1 Å². The number of hydrogen-bond acceptors (Lipinski definition) is 4. The minimum Gasteiger partial charge on any atom is -0.388 e. The van der Waals surface area contributed by atoms with E-state index >= 15 is 0 Å². The lowest BCUT2D eigenvalue weighted by Crippen LogP contribution is -2.62. The molecule has 1 aliphatic heterocycles. The van der Waals surface area contributed by atoms with E-state index in [9.17, 15) is 14.3 Å². The smallest absolute Gasteiger partial charge is 0.251 e. The summed E-state index contributed by atoms with van der Waals surface area (Å²) in [6.45, 7) is 3.22. The third-order valence-corrected chi connectivity index (χ3v) is 6.68. The summed E-state index contributed by atoms with van der Waals surface area (Å²) in [7, 11) is 0. The Bertz CT molecular complexity index is 974. The molecule has 3 aromatic rings. The van der Waals surface area contributed by atoms with Crippen LogP contribution < -0.4 is 5.32 Å². The molecule has 1 amide bonds. The Morgan fingerprint density at radius 2 is 1.90 bits per heavy atom. The van der Waals surface area contributed by atoms with E-state index in [4.69, 9.17) is 0 Å². The molecular weight excluding hydrogens is 399 g/mol. The maximum atomic E-state index is 13.3. The fourth-order valence-electron chi connectivity index (χ4n) is 4.07. The third-order valence-electron chi connectivity index (χ3n) is 5.74. The summed E-state index contributed by atoms with van der Waals surface area (Å²) >= 11 is 1.62. The molecule has 6 heteroatoms. The topological polar surface area (TPSA) is 52.6 Å². The van der Waals surface area contributed by atoms with Gasteiger partial charge in [-0.1, -0.05) is 36.4 Å². The van der Waals surface area contributed by atoms with Crippen LogP contribution in [0.1, 0.15) is 40.2 Å². The lowest BCUT2D eigenvalue weighted by atomic mass is 9.81. The molecule has 30 heavy (non-hydrogen) atoms. The predicted molar refractivity (Wildman–Crippen MR) is 117 cm³/mol. The minimum absolute atomic E-state index is 0.168. The molecule has 0 bridgehead atoms. The SMILES string of the molecule is CC1(O)CCN(Cc2ccccc2)C(c2cccs2)C1NC(=O)c1ccc(F)cc1. The summed E-state index contributed by atoms with van der Waals surface area (Å²) in [6.07, 6.45) is 0.538. The van der Waals surface area contributed by atoms with E-state index in [0.717, 1.165) is 11.4 Å². The van der Waals surface area contributed by atoms with Crippen molar-refractivity contribution < 1.29 is 14.3 Å². The molecule has 0 radical (unpaired) electrons. The van der Waals surface area contributed by atoms with Crippen molar-refractivity contribution >= 4 is 17.2 Å². The van der Waals surface area contributed by atoms with Crippen LogP contribution in [0.3, 0.4) is 0 Å². The number of aliphatic hydroxyl groups is 1. The number of amides is 1. The van der Waals surface area contributed by atoms with Gasteiger partial charge in [0, 0.05) is 23.5 Å². The summed E-state index contributed by atoms with van der Waals surface area (Å²) in [6, 6.07) is 19.0. The van der Waals surface area contributed by atoms with Gasteiger partial charge < -0.3 is 10.4 Å². The van der Waals surface area contributed by atoms with E-state index in [1.165, 1.54) is 29.8 Å². The van der Waals surface area contributed by atoms with Crippen LogP contribution in [0, 0.1) is 5.82 Å². The quantitative estimate of drug-likeness (QED) is 0.639. The Morgan fingerprint density at radius 1 is 1.17 bits per heavy atom. The van der Waals surface area contributed by atoms with Crippen molar-refractivity contribution in [3.8, 4) is 0 Å². The van der Waals surface area contributed by atoms with Crippen molar-refractivity contribution in [3.63, 3.8) is 0 Å². The number of hydrogen-bond donors (Lipinski definition) is 2. The number of thiophene rings is 1. The highest BCUT2D eigenvalue weighted by molar-refractivity contribution is 7.10. The fraction of sp³-hybridized carbons (Fsp3) is 0.292. The first-order valence-electron chi connectivity index (χ1n) is 10.0. The van der Waals surface area contributed by atoms with E-state index in [0.29, 0.717) is 18.5 Å². The highest BCUT2D eigenvalue weighted by Gasteiger charge is 2.46. The van der Waals surface area contributed by atoms with Gasteiger partial charge in [-0.2, -0.15) is 0 Å². The largest absolute Gasteiger partial charge is 0.388 e. The second-order valence-electron chi connectivity index (χ2n) is 7.98. The first kappa shape index (κ1) is 20.7. The molecule has 3 atom stereocenters. The van der Waals surface area contributed by atoms with Crippen LogP contribution in [0.4, 0.5) is 4.39 Å².